The van der Waals surface area contributed by atoms with Crippen LogP contribution in [0.2, 0.25) is 0 Å². The van der Waals surface area contributed by atoms with E-state index in [0.29, 0.717) is 5.91 Å². The fraction of sp³-hybridized carbons (Fsp3) is 0. The zero-order valence-corrected chi connectivity index (χ0v) is 3.13. The summed E-state index contributed by atoms with van der Waals surface area (Å²) in [4.78, 5) is 8.90. The van der Waals surface area contributed by atoms with Gasteiger partial charge in [-0.25, -0.2) is 0 Å². The van der Waals surface area contributed by atoms with Crippen molar-refractivity contribution in [3.8, 4) is 0 Å². The molecule has 0 spiro atoms. The molecular formula is CH2O2Si. The normalized spacial score (nSPS) is 5.00. The van der Waals surface area contributed by atoms with Gasteiger partial charge in [-0.1, -0.05) is 0 Å². The van der Waals surface area contributed by atoms with E-state index in [4.69, 9.17) is 9.26 Å². The molecule has 0 bridgehead atoms. The second-order valence-electron chi connectivity index (χ2n) is 0.272. The molecule has 0 aromatic heterocycles. The quantitative estimate of drug-likeness (QED) is 0.294. The lowest BCUT2D eigenvalue weighted by Gasteiger charge is -1.29. The Morgan fingerprint density at radius 3 is 2.00 bits per heavy atom. The molecule has 0 amide bonds. The molecular weight excluding hydrogens is 72.1 g/mol. The minimum absolute atomic E-state index is 0.403. The summed E-state index contributed by atoms with van der Waals surface area (Å²) in [6.07, 6.45) is 0. The zero-order chi connectivity index (χ0) is 3.41. The molecule has 0 fully saturated rings. The van der Waals surface area contributed by atoms with E-state index in [9.17, 15) is 0 Å². The zero-order valence-electron chi connectivity index (χ0n) is 1.97. The summed E-state index contributed by atoms with van der Waals surface area (Å²) in [5.74, 6) is 0.403. The highest BCUT2D eigenvalue weighted by Gasteiger charge is 1.52. The first-order valence-electron chi connectivity index (χ1n) is 0.805. The molecule has 4 heavy (non-hydrogen) atoms. The Kier molecular flexibility index (Phi) is 2.48. The summed E-state index contributed by atoms with van der Waals surface area (Å²) in [6, 6.07) is 0. The molecule has 0 aliphatic carbocycles. The van der Waals surface area contributed by atoms with Crippen molar-refractivity contribution in [1.82, 2.24) is 0 Å². The lowest BCUT2D eigenvalue weighted by molar-refractivity contribution is 0.553. The van der Waals surface area contributed by atoms with Crippen LogP contribution in [0.5, 0.6) is 0 Å². The highest BCUT2D eigenvalue weighted by Crippen LogP contribution is 1.09. The highest BCUT2D eigenvalue weighted by molar-refractivity contribution is 6.53. The summed E-state index contributed by atoms with van der Waals surface area (Å²) in [7, 11) is -1.15. The van der Waals surface area contributed by atoms with Crippen LogP contribution in [0.1, 0.15) is 0 Å². The second-order valence-corrected chi connectivity index (χ2v) is 0.816. The molecule has 2 nitrogen and oxygen atoms in total. The molecule has 0 aromatic rings. The van der Waals surface area contributed by atoms with Crippen molar-refractivity contribution in [2.24, 2.45) is 0 Å². The molecule has 3 heteroatoms. The van der Waals surface area contributed by atoms with E-state index in [1.54, 1.807) is 0 Å². The van der Waals surface area contributed by atoms with Gasteiger partial charge in [0, 0.05) is 0 Å². The largest absolute Gasteiger partial charge is 0.383 e. The SMILES string of the molecule is O=C[SiH]=O. The van der Waals surface area contributed by atoms with Gasteiger partial charge in [0.2, 0.25) is 0 Å². The summed E-state index contributed by atoms with van der Waals surface area (Å²) >= 11 is 0. The second kappa shape index (κ2) is 2.69. The lowest BCUT2D eigenvalue weighted by Crippen LogP contribution is -1.66. The topological polar surface area (TPSA) is 34.1 Å². The third kappa shape index (κ3) is 1.69. The van der Waals surface area contributed by atoms with Gasteiger partial charge in [0.1, 0.15) is 0 Å². The van der Waals surface area contributed by atoms with Gasteiger partial charge in [-0.15, -0.1) is 0 Å². The van der Waals surface area contributed by atoms with Gasteiger partial charge >= 0.3 is 9.41 Å². The molecule has 22 valence electrons. The smallest absolute Gasteiger partial charge is 0.330 e. The predicted molar refractivity (Wildman–Crippen MR) is 14.6 cm³/mol. The van der Waals surface area contributed by atoms with Crippen LogP contribution >= 0.6 is 0 Å². The monoisotopic (exact) mass is 74.0 g/mol. The van der Waals surface area contributed by atoms with E-state index in [-0.39, 0.29) is 0 Å². The van der Waals surface area contributed by atoms with Gasteiger partial charge in [0.05, 0.1) is 0 Å². The number of carbonyl (C=O) groups excluding carboxylic acids is 1. The van der Waals surface area contributed by atoms with Gasteiger partial charge < -0.3 is 9.26 Å². The first kappa shape index (κ1) is 3.69. The van der Waals surface area contributed by atoms with Crippen molar-refractivity contribution in [1.29, 1.82) is 0 Å². The van der Waals surface area contributed by atoms with Crippen molar-refractivity contribution < 1.29 is 9.26 Å². The molecule has 0 unspecified atom stereocenters. The molecule has 0 saturated carbocycles. The molecule has 0 aliphatic heterocycles. The molecule has 0 atom stereocenters. The Morgan fingerprint density at radius 1 is 1.75 bits per heavy atom. The molecule has 0 N–H and O–H groups in total. The van der Waals surface area contributed by atoms with Gasteiger partial charge in [-0.3, -0.25) is 0 Å². The summed E-state index contributed by atoms with van der Waals surface area (Å²) in [6.45, 7) is 0. The third-order valence-corrected chi connectivity index (χ3v) is 0.167. The Bertz CT molecular complexity index is 27.0. The van der Waals surface area contributed by atoms with E-state index >= 15 is 0 Å². The van der Waals surface area contributed by atoms with Crippen molar-refractivity contribution in [2.75, 3.05) is 0 Å². The Labute approximate surface area is 25.7 Å². The van der Waals surface area contributed by atoms with E-state index in [2.05, 4.69) is 0 Å². The van der Waals surface area contributed by atoms with Gasteiger partial charge in [0.25, 0.3) is 0 Å². The maximum atomic E-state index is 9.01. The van der Waals surface area contributed by atoms with Gasteiger partial charge in [-0.05, 0) is 0 Å². The molecule has 0 heterocycles. The molecule has 0 aliphatic rings. The Morgan fingerprint density at radius 2 is 2.00 bits per heavy atom. The maximum absolute atomic E-state index is 9.01. The van der Waals surface area contributed by atoms with Crippen LogP contribution in [0, 0.1) is 0 Å². The van der Waals surface area contributed by atoms with Crippen molar-refractivity contribution in [3.63, 3.8) is 0 Å². The number of hydrogen-bond donors (Lipinski definition) is 0. The van der Waals surface area contributed by atoms with Crippen LogP contribution in [-0.2, 0) is 9.26 Å². The minimum Gasteiger partial charge on any atom is -0.383 e. The molecule has 0 rings (SSSR count). The van der Waals surface area contributed by atoms with Gasteiger partial charge in [0.15, 0.2) is 5.91 Å². The van der Waals surface area contributed by atoms with Crippen molar-refractivity contribution in [2.45, 2.75) is 0 Å². The summed E-state index contributed by atoms with van der Waals surface area (Å²) in [5, 5.41) is 0. The lowest BCUT2D eigenvalue weighted by atomic mass is 11.8. The van der Waals surface area contributed by atoms with Gasteiger partial charge in [-0.2, -0.15) is 0 Å². The van der Waals surface area contributed by atoms with Crippen LogP contribution in [-0.4, -0.2) is 15.3 Å². The minimum atomic E-state index is -1.15. The highest BCUT2D eigenvalue weighted by atomic mass is 28.2. The van der Waals surface area contributed by atoms with Crippen molar-refractivity contribution >= 4 is 15.3 Å². The van der Waals surface area contributed by atoms with E-state index in [0.717, 1.165) is 0 Å². The van der Waals surface area contributed by atoms with E-state index < -0.39 is 9.41 Å². The number of carbonyl (C=O) groups is 1. The molecule has 0 saturated heterocycles. The number of hydrogen-bond acceptors (Lipinski definition) is 2. The molecule has 0 aromatic carbocycles. The average molecular weight is 74.1 g/mol. The van der Waals surface area contributed by atoms with Crippen molar-refractivity contribution in [3.05, 3.63) is 0 Å². The first-order valence-corrected chi connectivity index (χ1v) is 1.94. The Hall–Kier alpha value is -0.313. The van der Waals surface area contributed by atoms with E-state index in [1.807, 2.05) is 0 Å². The first-order chi connectivity index (χ1) is 1.91. The van der Waals surface area contributed by atoms with Crippen LogP contribution in [0.15, 0.2) is 0 Å². The average Bonchev–Trinajstić information content (AvgIpc) is 1.37. The number of rotatable bonds is 1. The Balaban J connectivity index is 2.73. The van der Waals surface area contributed by atoms with Crippen LogP contribution in [0.3, 0.4) is 0 Å². The van der Waals surface area contributed by atoms with Crippen LogP contribution < -0.4 is 0 Å². The summed E-state index contributed by atoms with van der Waals surface area (Å²) < 4.78 is 9.01. The molecule has 0 radical (unpaired) electrons. The van der Waals surface area contributed by atoms with Crippen LogP contribution in [0.4, 0.5) is 0 Å². The van der Waals surface area contributed by atoms with E-state index in [1.165, 1.54) is 0 Å². The summed E-state index contributed by atoms with van der Waals surface area (Å²) in [5.41, 5.74) is 0. The fourth-order valence-corrected chi connectivity index (χ4v) is 0. The van der Waals surface area contributed by atoms with Crippen LogP contribution in [0.25, 0.3) is 0 Å². The fourth-order valence-electron chi connectivity index (χ4n) is 0. The predicted octanol–water partition coefficient (Wildman–Crippen LogP) is -1.04. The maximum Gasteiger partial charge on any atom is 0.330 e. The third-order valence-electron chi connectivity index (χ3n) is 0.0556. The standard InChI is InChI=1S/CH2O2Si/c2-1-4-3/h1,4H.